The number of amides is 1. The van der Waals surface area contributed by atoms with E-state index >= 15 is 0 Å². The molecule has 0 aromatic heterocycles. The molecule has 1 aromatic carbocycles. The molecule has 5 nitrogen and oxygen atoms in total. The third kappa shape index (κ3) is 7.00. The number of ether oxygens (including phenoxy) is 2. The molecule has 0 spiro atoms. The summed E-state index contributed by atoms with van der Waals surface area (Å²) in [5, 5.41) is 0. The van der Waals surface area contributed by atoms with E-state index in [0.717, 1.165) is 16.9 Å². The van der Waals surface area contributed by atoms with Crippen LogP contribution in [0.25, 0.3) is 0 Å². The number of hydrogen-bond acceptors (Lipinski definition) is 4. The highest BCUT2D eigenvalue weighted by atomic mass is 16.5. The second kappa shape index (κ2) is 9.66. The summed E-state index contributed by atoms with van der Waals surface area (Å²) < 4.78 is 10.1. The first-order valence-corrected chi connectivity index (χ1v) is 7.68. The van der Waals surface area contributed by atoms with Crippen LogP contribution in [0, 0.1) is 0 Å². The van der Waals surface area contributed by atoms with Gasteiger partial charge < -0.3 is 14.4 Å². The fraction of sp³-hybridized carbons (Fsp3) is 0.444. The molecule has 0 saturated heterocycles. The van der Waals surface area contributed by atoms with Crippen molar-refractivity contribution in [3.63, 3.8) is 0 Å². The Kier molecular flexibility index (Phi) is 7.88. The zero-order valence-corrected chi connectivity index (χ0v) is 14.3. The summed E-state index contributed by atoms with van der Waals surface area (Å²) in [6, 6.07) is 7.52. The Morgan fingerprint density at radius 2 is 1.83 bits per heavy atom. The molecule has 126 valence electrons. The lowest BCUT2D eigenvalue weighted by Crippen LogP contribution is -2.31. The first kappa shape index (κ1) is 18.7. The van der Waals surface area contributed by atoms with Gasteiger partial charge in [-0.2, -0.15) is 0 Å². The Bertz CT molecular complexity index is 545. The number of nitrogens with zero attached hydrogens (tertiary/aromatic N) is 1. The van der Waals surface area contributed by atoms with E-state index in [4.69, 9.17) is 9.47 Å². The van der Waals surface area contributed by atoms with Gasteiger partial charge in [-0.3, -0.25) is 9.59 Å². The van der Waals surface area contributed by atoms with E-state index in [1.807, 2.05) is 38.1 Å². The molecule has 1 amide bonds. The third-order valence-electron chi connectivity index (χ3n) is 3.15. The highest BCUT2D eigenvalue weighted by molar-refractivity contribution is 5.88. The smallest absolute Gasteiger partial charge is 0.307 e. The van der Waals surface area contributed by atoms with Crippen LogP contribution in [-0.2, 0) is 20.9 Å². The SMILES string of the molecule is CCOC(=O)CCN(Cc1ccc(OC)cc1)C(=O)C=C(C)C. The van der Waals surface area contributed by atoms with Crippen LogP contribution in [-0.4, -0.2) is 37.0 Å². The minimum Gasteiger partial charge on any atom is -0.497 e. The standard InChI is InChI=1S/C18H25NO4/c1-5-23-18(21)10-11-19(17(20)12-14(2)3)13-15-6-8-16(22-4)9-7-15/h6-9,12H,5,10-11,13H2,1-4H3. The first-order chi connectivity index (χ1) is 11.0. The molecule has 1 rings (SSSR count). The van der Waals surface area contributed by atoms with Gasteiger partial charge in [-0.05, 0) is 38.5 Å². The number of methoxy groups -OCH3 is 1. The molecule has 0 unspecified atom stereocenters. The monoisotopic (exact) mass is 319 g/mol. The summed E-state index contributed by atoms with van der Waals surface area (Å²) in [5.41, 5.74) is 1.90. The third-order valence-corrected chi connectivity index (χ3v) is 3.15. The molecule has 0 saturated carbocycles. The summed E-state index contributed by atoms with van der Waals surface area (Å²) in [4.78, 5) is 25.5. The minimum atomic E-state index is -0.294. The molecule has 5 heteroatoms. The normalized spacial score (nSPS) is 9.91. The van der Waals surface area contributed by atoms with Crippen LogP contribution in [0.4, 0.5) is 0 Å². The van der Waals surface area contributed by atoms with E-state index in [2.05, 4.69) is 0 Å². The van der Waals surface area contributed by atoms with Crippen LogP contribution in [0.3, 0.4) is 0 Å². The van der Waals surface area contributed by atoms with Gasteiger partial charge in [-0.25, -0.2) is 0 Å². The summed E-state index contributed by atoms with van der Waals surface area (Å²) >= 11 is 0. The van der Waals surface area contributed by atoms with Gasteiger partial charge in [0.05, 0.1) is 20.1 Å². The molecule has 23 heavy (non-hydrogen) atoms. The van der Waals surface area contributed by atoms with Crippen molar-refractivity contribution >= 4 is 11.9 Å². The van der Waals surface area contributed by atoms with Crippen LogP contribution < -0.4 is 4.74 Å². The van der Waals surface area contributed by atoms with Gasteiger partial charge in [0.1, 0.15) is 5.75 Å². The molecule has 1 aromatic rings. The van der Waals surface area contributed by atoms with Gasteiger partial charge in [-0.15, -0.1) is 0 Å². The Hall–Kier alpha value is -2.30. The Labute approximate surface area is 137 Å². The number of benzene rings is 1. The van der Waals surface area contributed by atoms with Crippen LogP contribution in [0.15, 0.2) is 35.9 Å². The van der Waals surface area contributed by atoms with Crippen LogP contribution in [0.2, 0.25) is 0 Å². The van der Waals surface area contributed by atoms with Crippen molar-refractivity contribution in [2.75, 3.05) is 20.3 Å². The molecular formula is C18H25NO4. The second-order valence-corrected chi connectivity index (χ2v) is 5.38. The Morgan fingerprint density at radius 1 is 1.17 bits per heavy atom. The predicted octanol–water partition coefficient (Wildman–Crippen LogP) is 2.94. The summed E-state index contributed by atoms with van der Waals surface area (Å²) in [5.74, 6) is 0.366. The van der Waals surface area contributed by atoms with Crippen LogP contribution in [0.5, 0.6) is 5.75 Å². The number of carbonyl (C=O) groups excluding carboxylic acids is 2. The maximum absolute atomic E-state index is 12.3. The fourth-order valence-electron chi connectivity index (χ4n) is 2.02. The molecule has 0 aliphatic heterocycles. The molecule has 0 fully saturated rings. The lowest BCUT2D eigenvalue weighted by molar-refractivity contribution is -0.143. The largest absolute Gasteiger partial charge is 0.497 e. The first-order valence-electron chi connectivity index (χ1n) is 7.68. The molecule has 0 aliphatic rings. The van der Waals surface area contributed by atoms with Crippen molar-refractivity contribution in [3.8, 4) is 5.75 Å². The molecule has 0 aliphatic carbocycles. The van der Waals surface area contributed by atoms with Crippen LogP contribution >= 0.6 is 0 Å². The van der Waals surface area contributed by atoms with E-state index in [9.17, 15) is 9.59 Å². The average molecular weight is 319 g/mol. The van der Waals surface area contributed by atoms with Crippen molar-refractivity contribution in [2.24, 2.45) is 0 Å². The van der Waals surface area contributed by atoms with Gasteiger partial charge in [0.15, 0.2) is 0 Å². The maximum atomic E-state index is 12.3. The summed E-state index contributed by atoms with van der Waals surface area (Å²) in [6.45, 7) is 6.61. The highest BCUT2D eigenvalue weighted by Gasteiger charge is 2.14. The van der Waals surface area contributed by atoms with Crippen molar-refractivity contribution in [1.29, 1.82) is 0 Å². The highest BCUT2D eigenvalue weighted by Crippen LogP contribution is 2.14. The molecule has 0 N–H and O–H groups in total. The van der Waals surface area contributed by atoms with E-state index in [-0.39, 0.29) is 18.3 Å². The average Bonchev–Trinajstić information content (AvgIpc) is 2.51. The van der Waals surface area contributed by atoms with E-state index < -0.39 is 0 Å². The topological polar surface area (TPSA) is 55.8 Å². The quantitative estimate of drug-likeness (QED) is 0.546. The number of rotatable bonds is 8. The zero-order chi connectivity index (χ0) is 17.2. The molecular weight excluding hydrogens is 294 g/mol. The summed E-state index contributed by atoms with van der Waals surface area (Å²) in [6.07, 6.45) is 1.76. The lowest BCUT2D eigenvalue weighted by Gasteiger charge is -2.21. The molecule has 0 radical (unpaired) electrons. The van der Waals surface area contributed by atoms with Gasteiger partial charge in [0.25, 0.3) is 0 Å². The number of carbonyl (C=O) groups is 2. The van der Waals surface area contributed by atoms with Gasteiger partial charge >= 0.3 is 5.97 Å². The number of esters is 1. The van der Waals surface area contributed by atoms with E-state index in [1.54, 1.807) is 25.0 Å². The maximum Gasteiger partial charge on any atom is 0.307 e. The Morgan fingerprint density at radius 3 is 2.35 bits per heavy atom. The van der Waals surface area contributed by atoms with Gasteiger partial charge in [-0.1, -0.05) is 17.7 Å². The molecule has 0 heterocycles. The zero-order valence-electron chi connectivity index (χ0n) is 14.3. The van der Waals surface area contributed by atoms with E-state index in [1.165, 1.54) is 0 Å². The second-order valence-electron chi connectivity index (χ2n) is 5.38. The summed E-state index contributed by atoms with van der Waals surface area (Å²) in [7, 11) is 1.61. The van der Waals surface area contributed by atoms with Crippen molar-refractivity contribution in [1.82, 2.24) is 4.90 Å². The van der Waals surface area contributed by atoms with Crippen molar-refractivity contribution < 1.29 is 19.1 Å². The van der Waals surface area contributed by atoms with Crippen molar-refractivity contribution in [2.45, 2.75) is 33.7 Å². The van der Waals surface area contributed by atoms with E-state index in [0.29, 0.717) is 19.7 Å². The van der Waals surface area contributed by atoms with Gasteiger partial charge in [0.2, 0.25) is 5.91 Å². The minimum absolute atomic E-state index is 0.106. The fourth-order valence-corrected chi connectivity index (χ4v) is 2.02. The molecule has 0 atom stereocenters. The van der Waals surface area contributed by atoms with Crippen molar-refractivity contribution in [3.05, 3.63) is 41.5 Å². The number of allylic oxidation sites excluding steroid dienone is 1. The number of hydrogen-bond donors (Lipinski definition) is 0. The predicted molar refractivity (Wildman–Crippen MR) is 89.1 cm³/mol. The molecule has 0 bridgehead atoms. The van der Waals surface area contributed by atoms with Crippen LogP contribution in [0.1, 0.15) is 32.8 Å². The lowest BCUT2D eigenvalue weighted by atomic mass is 10.2. The Balaban J connectivity index is 2.78. The van der Waals surface area contributed by atoms with Gasteiger partial charge in [0, 0.05) is 19.2 Å².